The fourth-order valence-electron chi connectivity index (χ4n) is 1.47. The molecule has 0 aliphatic rings. The quantitative estimate of drug-likeness (QED) is 0.785. The van der Waals surface area contributed by atoms with E-state index in [-0.39, 0.29) is 5.91 Å². The summed E-state index contributed by atoms with van der Waals surface area (Å²) in [6.45, 7) is 6.54. The summed E-state index contributed by atoms with van der Waals surface area (Å²) in [6.07, 6.45) is 0. The van der Waals surface area contributed by atoms with Crippen LogP contribution in [0.4, 0.5) is 0 Å². The first-order chi connectivity index (χ1) is 8.04. The molecule has 94 valence electrons. The number of nitrogens with zero attached hydrogens (tertiary/aromatic N) is 1. The van der Waals surface area contributed by atoms with E-state index in [0.717, 1.165) is 23.5 Å². The normalized spacial score (nSPS) is 10.6. The molecule has 0 atom stereocenters. The minimum Gasteiger partial charge on any atom is -0.351 e. The number of nitrogens with one attached hydrogen (secondary N) is 1. The van der Waals surface area contributed by atoms with Crippen LogP contribution < -0.4 is 5.32 Å². The molecule has 3 nitrogen and oxygen atoms in total. The first kappa shape index (κ1) is 14.1. The summed E-state index contributed by atoms with van der Waals surface area (Å²) in [7, 11) is 2.03. The van der Waals surface area contributed by atoms with Gasteiger partial charge in [-0.15, -0.1) is 12.6 Å². The zero-order chi connectivity index (χ0) is 12.8. The molecule has 0 radical (unpaired) electrons. The molecule has 0 saturated heterocycles. The Labute approximate surface area is 109 Å². The largest absolute Gasteiger partial charge is 0.351 e. The van der Waals surface area contributed by atoms with Crippen molar-refractivity contribution in [2.45, 2.75) is 18.7 Å². The lowest BCUT2D eigenvalue weighted by Crippen LogP contribution is -2.33. The van der Waals surface area contributed by atoms with Gasteiger partial charge in [0.2, 0.25) is 0 Å². The van der Waals surface area contributed by atoms with Gasteiger partial charge in [0.25, 0.3) is 5.91 Å². The van der Waals surface area contributed by atoms with Crippen molar-refractivity contribution in [3.05, 3.63) is 29.3 Å². The highest BCUT2D eigenvalue weighted by molar-refractivity contribution is 7.80. The molecule has 0 saturated carbocycles. The number of likely N-dealkylation sites (N-methyl/N-ethyl adjacent to an activating group) is 1. The van der Waals surface area contributed by atoms with Crippen LogP contribution in [0.15, 0.2) is 23.1 Å². The highest BCUT2D eigenvalue weighted by Gasteiger charge is 2.08. The molecule has 4 heteroatoms. The monoisotopic (exact) mass is 252 g/mol. The average molecular weight is 252 g/mol. The zero-order valence-corrected chi connectivity index (χ0v) is 11.6. The third-order valence-corrected chi connectivity index (χ3v) is 3.06. The van der Waals surface area contributed by atoms with Crippen molar-refractivity contribution in [3.8, 4) is 0 Å². The maximum Gasteiger partial charge on any atom is 0.251 e. The number of rotatable bonds is 5. The first-order valence-corrected chi connectivity index (χ1v) is 6.25. The summed E-state index contributed by atoms with van der Waals surface area (Å²) in [5.74, 6) is -0.0251. The maximum absolute atomic E-state index is 11.9. The van der Waals surface area contributed by atoms with E-state index in [0.29, 0.717) is 12.1 Å². The van der Waals surface area contributed by atoms with E-state index in [1.807, 2.05) is 26.1 Å². The lowest BCUT2D eigenvalue weighted by molar-refractivity contribution is 0.0949. The van der Waals surface area contributed by atoms with Crippen LogP contribution in [0.3, 0.4) is 0 Å². The van der Waals surface area contributed by atoms with Crippen LogP contribution in [0.25, 0.3) is 0 Å². The van der Waals surface area contributed by atoms with Crippen molar-refractivity contribution >= 4 is 18.5 Å². The number of aryl methyl sites for hydroxylation is 1. The SMILES string of the molecule is CCN(C)CCNC(=O)c1cc(S)ccc1C. The second-order valence-electron chi connectivity index (χ2n) is 4.15. The molecule has 0 unspecified atom stereocenters. The number of carbonyl (C=O) groups is 1. The average Bonchev–Trinajstić information content (AvgIpc) is 2.31. The van der Waals surface area contributed by atoms with Gasteiger partial charge in [-0.3, -0.25) is 4.79 Å². The number of hydrogen-bond donors (Lipinski definition) is 2. The number of amides is 1. The summed E-state index contributed by atoms with van der Waals surface area (Å²) in [5.41, 5.74) is 1.68. The molecule has 1 N–H and O–H groups in total. The van der Waals surface area contributed by atoms with Gasteiger partial charge in [-0.2, -0.15) is 0 Å². The highest BCUT2D eigenvalue weighted by Crippen LogP contribution is 2.13. The molecular weight excluding hydrogens is 232 g/mol. The number of benzene rings is 1. The van der Waals surface area contributed by atoms with E-state index < -0.39 is 0 Å². The molecule has 0 fully saturated rings. The Bertz CT molecular complexity index is 393. The fraction of sp³-hybridized carbons (Fsp3) is 0.462. The Kier molecular flexibility index (Phi) is 5.51. The lowest BCUT2D eigenvalue weighted by atomic mass is 10.1. The van der Waals surface area contributed by atoms with Gasteiger partial charge in [-0.05, 0) is 38.2 Å². The van der Waals surface area contributed by atoms with Crippen molar-refractivity contribution < 1.29 is 4.79 Å². The van der Waals surface area contributed by atoms with E-state index in [4.69, 9.17) is 0 Å². The summed E-state index contributed by atoms with van der Waals surface area (Å²) in [5, 5.41) is 2.92. The van der Waals surface area contributed by atoms with Gasteiger partial charge < -0.3 is 10.2 Å². The number of hydrogen-bond acceptors (Lipinski definition) is 3. The number of thiol groups is 1. The van der Waals surface area contributed by atoms with Crippen LogP contribution >= 0.6 is 12.6 Å². The molecule has 0 spiro atoms. The fourth-order valence-corrected chi connectivity index (χ4v) is 1.67. The van der Waals surface area contributed by atoms with Crippen LogP contribution in [-0.2, 0) is 0 Å². The second-order valence-corrected chi connectivity index (χ2v) is 4.67. The standard InChI is InChI=1S/C13H20N2OS/c1-4-15(3)8-7-14-13(16)12-9-11(17)6-5-10(12)2/h5-6,9,17H,4,7-8H2,1-3H3,(H,14,16). The van der Waals surface area contributed by atoms with Crippen LogP contribution in [0.2, 0.25) is 0 Å². The third kappa shape index (κ3) is 4.40. The summed E-state index contributed by atoms with van der Waals surface area (Å²) in [6, 6.07) is 5.60. The van der Waals surface area contributed by atoms with E-state index in [1.165, 1.54) is 0 Å². The minimum absolute atomic E-state index is 0.0251. The van der Waals surface area contributed by atoms with Gasteiger partial charge in [0.05, 0.1) is 0 Å². The highest BCUT2D eigenvalue weighted by atomic mass is 32.1. The van der Waals surface area contributed by atoms with E-state index in [2.05, 4.69) is 29.8 Å². The van der Waals surface area contributed by atoms with Crippen molar-refractivity contribution in [2.75, 3.05) is 26.7 Å². The maximum atomic E-state index is 11.9. The van der Waals surface area contributed by atoms with E-state index in [1.54, 1.807) is 6.07 Å². The summed E-state index contributed by atoms with van der Waals surface area (Å²) < 4.78 is 0. The smallest absolute Gasteiger partial charge is 0.251 e. The van der Waals surface area contributed by atoms with E-state index in [9.17, 15) is 4.79 Å². The van der Waals surface area contributed by atoms with Crippen molar-refractivity contribution in [1.82, 2.24) is 10.2 Å². The van der Waals surface area contributed by atoms with Gasteiger partial charge in [-0.1, -0.05) is 13.0 Å². The minimum atomic E-state index is -0.0251. The van der Waals surface area contributed by atoms with Crippen molar-refractivity contribution in [3.63, 3.8) is 0 Å². The van der Waals surface area contributed by atoms with Gasteiger partial charge in [-0.25, -0.2) is 0 Å². The molecule has 1 amide bonds. The van der Waals surface area contributed by atoms with Crippen LogP contribution in [0.1, 0.15) is 22.8 Å². The Morgan fingerprint density at radius 1 is 1.47 bits per heavy atom. The van der Waals surface area contributed by atoms with E-state index >= 15 is 0 Å². The van der Waals surface area contributed by atoms with Crippen molar-refractivity contribution in [2.24, 2.45) is 0 Å². The topological polar surface area (TPSA) is 32.3 Å². The van der Waals surface area contributed by atoms with Crippen LogP contribution in [0, 0.1) is 6.92 Å². The van der Waals surface area contributed by atoms with Gasteiger partial charge in [0, 0.05) is 23.5 Å². The molecule has 0 bridgehead atoms. The van der Waals surface area contributed by atoms with Crippen LogP contribution in [-0.4, -0.2) is 37.5 Å². The zero-order valence-electron chi connectivity index (χ0n) is 10.7. The number of carbonyl (C=O) groups excluding carboxylic acids is 1. The Morgan fingerprint density at radius 2 is 2.18 bits per heavy atom. The molecule has 0 heterocycles. The Morgan fingerprint density at radius 3 is 2.82 bits per heavy atom. The van der Waals surface area contributed by atoms with Crippen LogP contribution in [0.5, 0.6) is 0 Å². The molecule has 0 aliphatic carbocycles. The summed E-state index contributed by atoms with van der Waals surface area (Å²) >= 11 is 4.25. The molecule has 1 aromatic carbocycles. The van der Waals surface area contributed by atoms with Gasteiger partial charge in [0.15, 0.2) is 0 Å². The molecule has 17 heavy (non-hydrogen) atoms. The Balaban J connectivity index is 2.55. The first-order valence-electron chi connectivity index (χ1n) is 5.81. The second kappa shape index (κ2) is 6.67. The molecular formula is C13H20N2OS. The van der Waals surface area contributed by atoms with Gasteiger partial charge >= 0.3 is 0 Å². The summed E-state index contributed by atoms with van der Waals surface area (Å²) in [4.78, 5) is 14.9. The van der Waals surface area contributed by atoms with Gasteiger partial charge in [0.1, 0.15) is 0 Å². The van der Waals surface area contributed by atoms with Crippen molar-refractivity contribution in [1.29, 1.82) is 0 Å². The molecule has 1 aromatic rings. The predicted octanol–water partition coefficient (Wildman–Crippen LogP) is 1.97. The third-order valence-electron chi connectivity index (χ3n) is 2.78. The predicted molar refractivity (Wildman–Crippen MR) is 73.9 cm³/mol. The lowest BCUT2D eigenvalue weighted by Gasteiger charge is -2.14. The molecule has 0 aliphatic heterocycles. The molecule has 1 rings (SSSR count). The Hall–Kier alpha value is -1.00. The molecule has 0 aromatic heterocycles.